The average Bonchev–Trinajstić information content (AvgIpc) is 2.20. The molecule has 0 aliphatic rings. The molecule has 0 amide bonds. The van der Waals surface area contributed by atoms with Crippen molar-refractivity contribution in [2.45, 2.75) is 45.6 Å². The lowest BCUT2D eigenvalue weighted by Gasteiger charge is -2.30. The summed E-state index contributed by atoms with van der Waals surface area (Å²) in [4.78, 5) is 2.24. The van der Waals surface area contributed by atoms with Gasteiger partial charge < -0.3 is 10.8 Å². The lowest BCUT2D eigenvalue weighted by molar-refractivity contribution is 0.147. The summed E-state index contributed by atoms with van der Waals surface area (Å²) in [5.74, 6) is 0.237. The first-order valence-corrected chi connectivity index (χ1v) is 5.83. The van der Waals surface area contributed by atoms with E-state index in [4.69, 9.17) is 16.2 Å². The lowest BCUT2D eigenvalue weighted by atomic mass is 10.1. The van der Waals surface area contributed by atoms with Gasteiger partial charge in [-0.15, -0.1) is 0 Å². The van der Waals surface area contributed by atoms with Gasteiger partial charge in [-0.25, -0.2) is 0 Å². The first-order chi connectivity index (χ1) is 7.15. The summed E-state index contributed by atoms with van der Waals surface area (Å²) in [5.41, 5.74) is 5.43. The molecule has 0 fully saturated rings. The normalized spacial score (nSPS) is 13.1. The second-order valence-electron chi connectivity index (χ2n) is 3.90. The zero-order chi connectivity index (χ0) is 11.7. The van der Waals surface area contributed by atoms with E-state index in [1.165, 1.54) is 0 Å². The molecule has 0 bridgehead atoms. The van der Waals surface area contributed by atoms with Crippen molar-refractivity contribution in [1.82, 2.24) is 4.90 Å². The van der Waals surface area contributed by atoms with E-state index < -0.39 is 0 Å². The molecule has 90 valence electrons. The molecule has 0 aromatic carbocycles. The third kappa shape index (κ3) is 6.47. The molecular formula is C11H25N3O. The second kappa shape index (κ2) is 8.68. The Labute approximate surface area is 93.0 Å². The highest BCUT2D eigenvalue weighted by atomic mass is 16.3. The topological polar surface area (TPSA) is 73.3 Å². The molecule has 4 nitrogen and oxygen atoms in total. The number of nitrogens with two attached hydrogens (primary N) is 1. The van der Waals surface area contributed by atoms with E-state index in [1.54, 1.807) is 0 Å². The van der Waals surface area contributed by atoms with E-state index in [2.05, 4.69) is 18.7 Å². The Morgan fingerprint density at radius 1 is 1.40 bits per heavy atom. The predicted molar refractivity (Wildman–Crippen MR) is 64.2 cm³/mol. The Balaban J connectivity index is 4.18. The van der Waals surface area contributed by atoms with Gasteiger partial charge in [0.1, 0.15) is 0 Å². The standard InChI is InChI=1S/C11H25N3O/c1-3-5-6-14(7-8-15)10(4-2)9-11(12)13/h10,15H,3-9H2,1-2H3,(H3,12,13). The van der Waals surface area contributed by atoms with E-state index in [0.29, 0.717) is 19.0 Å². The van der Waals surface area contributed by atoms with Crippen molar-refractivity contribution >= 4 is 5.84 Å². The number of aliphatic hydroxyl groups is 1. The van der Waals surface area contributed by atoms with Gasteiger partial charge in [0.2, 0.25) is 0 Å². The summed E-state index contributed by atoms with van der Waals surface area (Å²) in [6.07, 6.45) is 3.87. The molecule has 1 unspecified atom stereocenters. The van der Waals surface area contributed by atoms with Crippen LogP contribution >= 0.6 is 0 Å². The summed E-state index contributed by atoms with van der Waals surface area (Å²) in [5, 5.41) is 16.3. The highest BCUT2D eigenvalue weighted by Crippen LogP contribution is 2.09. The first kappa shape index (κ1) is 14.4. The number of amidine groups is 1. The molecule has 0 spiro atoms. The van der Waals surface area contributed by atoms with Crippen molar-refractivity contribution in [1.29, 1.82) is 5.41 Å². The van der Waals surface area contributed by atoms with Gasteiger partial charge in [-0.3, -0.25) is 10.3 Å². The van der Waals surface area contributed by atoms with Crippen LogP contribution in [0.4, 0.5) is 0 Å². The van der Waals surface area contributed by atoms with Crippen molar-refractivity contribution in [3.8, 4) is 0 Å². The molecule has 0 aliphatic heterocycles. The lowest BCUT2D eigenvalue weighted by Crippen LogP contribution is -2.40. The Morgan fingerprint density at radius 2 is 2.07 bits per heavy atom. The Bertz CT molecular complexity index is 173. The maximum absolute atomic E-state index is 8.99. The van der Waals surface area contributed by atoms with Crippen LogP contribution in [0.5, 0.6) is 0 Å². The maximum atomic E-state index is 8.99. The van der Waals surface area contributed by atoms with Gasteiger partial charge >= 0.3 is 0 Å². The summed E-state index contributed by atoms with van der Waals surface area (Å²) < 4.78 is 0. The largest absolute Gasteiger partial charge is 0.395 e. The Morgan fingerprint density at radius 3 is 2.47 bits per heavy atom. The third-order valence-electron chi connectivity index (χ3n) is 2.63. The van der Waals surface area contributed by atoms with Crippen molar-refractivity contribution in [2.24, 2.45) is 5.73 Å². The van der Waals surface area contributed by atoms with E-state index in [9.17, 15) is 0 Å². The van der Waals surface area contributed by atoms with Gasteiger partial charge in [-0.1, -0.05) is 20.3 Å². The number of hydrogen-bond acceptors (Lipinski definition) is 3. The molecule has 1 atom stereocenters. The van der Waals surface area contributed by atoms with E-state index >= 15 is 0 Å². The smallest absolute Gasteiger partial charge is 0.0921 e. The molecule has 0 heterocycles. The summed E-state index contributed by atoms with van der Waals surface area (Å²) in [7, 11) is 0. The number of unbranched alkanes of at least 4 members (excludes halogenated alkanes) is 1. The zero-order valence-electron chi connectivity index (χ0n) is 10.00. The number of nitrogens with one attached hydrogen (secondary N) is 1. The monoisotopic (exact) mass is 215 g/mol. The van der Waals surface area contributed by atoms with Gasteiger partial charge in [-0.05, 0) is 19.4 Å². The fourth-order valence-corrected chi connectivity index (χ4v) is 1.75. The van der Waals surface area contributed by atoms with Gasteiger partial charge in [0.15, 0.2) is 0 Å². The van der Waals surface area contributed by atoms with E-state index in [1.807, 2.05) is 0 Å². The minimum Gasteiger partial charge on any atom is -0.395 e. The fourth-order valence-electron chi connectivity index (χ4n) is 1.75. The molecule has 0 aromatic rings. The van der Waals surface area contributed by atoms with Crippen LogP contribution in [0.25, 0.3) is 0 Å². The van der Waals surface area contributed by atoms with Crippen LogP contribution in [-0.4, -0.2) is 41.6 Å². The molecule has 0 radical (unpaired) electrons. The van der Waals surface area contributed by atoms with Crippen LogP contribution in [0.15, 0.2) is 0 Å². The van der Waals surface area contributed by atoms with Gasteiger partial charge in [-0.2, -0.15) is 0 Å². The molecule has 0 saturated heterocycles. The summed E-state index contributed by atoms with van der Waals surface area (Å²) in [6, 6.07) is 0.307. The van der Waals surface area contributed by atoms with Crippen LogP contribution in [-0.2, 0) is 0 Å². The van der Waals surface area contributed by atoms with Crippen LogP contribution in [0.1, 0.15) is 39.5 Å². The average molecular weight is 215 g/mol. The van der Waals surface area contributed by atoms with Gasteiger partial charge in [0, 0.05) is 19.0 Å². The van der Waals surface area contributed by atoms with Crippen molar-refractivity contribution in [3.05, 3.63) is 0 Å². The second-order valence-corrected chi connectivity index (χ2v) is 3.90. The Kier molecular flexibility index (Phi) is 8.33. The van der Waals surface area contributed by atoms with Crippen molar-refractivity contribution in [3.63, 3.8) is 0 Å². The van der Waals surface area contributed by atoms with Gasteiger partial charge in [0.25, 0.3) is 0 Å². The van der Waals surface area contributed by atoms with Gasteiger partial charge in [0.05, 0.1) is 12.4 Å². The molecule has 0 rings (SSSR count). The first-order valence-electron chi connectivity index (χ1n) is 5.83. The van der Waals surface area contributed by atoms with E-state index in [0.717, 1.165) is 25.8 Å². The number of nitrogens with zero attached hydrogens (tertiary/aromatic N) is 1. The molecular weight excluding hydrogens is 190 g/mol. The molecule has 15 heavy (non-hydrogen) atoms. The SMILES string of the molecule is CCCCN(CCO)C(CC)CC(=N)N. The number of rotatable bonds is 9. The van der Waals surface area contributed by atoms with Crippen molar-refractivity contribution in [2.75, 3.05) is 19.7 Å². The quantitative estimate of drug-likeness (QED) is 0.399. The summed E-state index contributed by atoms with van der Waals surface area (Å²) in [6.45, 7) is 6.11. The molecule has 0 saturated carbocycles. The van der Waals surface area contributed by atoms with Crippen molar-refractivity contribution < 1.29 is 5.11 Å². The summed E-state index contributed by atoms with van der Waals surface area (Å²) >= 11 is 0. The highest BCUT2D eigenvalue weighted by Gasteiger charge is 2.16. The Hall–Kier alpha value is -0.610. The molecule has 4 N–H and O–H groups in total. The maximum Gasteiger partial charge on any atom is 0.0921 e. The zero-order valence-corrected chi connectivity index (χ0v) is 10.00. The van der Waals surface area contributed by atoms with Crippen LogP contribution < -0.4 is 5.73 Å². The number of aliphatic hydroxyl groups excluding tert-OH is 1. The fraction of sp³-hybridized carbons (Fsp3) is 0.909. The van der Waals surface area contributed by atoms with Crippen LogP contribution in [0.2, 0.25) is 0 Å². The molecule has 0 aromatic heterocycles. The van der Waals surface area contributed by atoms with E-state index in [-0.39, 0.29) is 12.4 Å². The van der Waals surface area contributed by atoms with Crippen LogP contribution in [0, 0.1) is 5.41 Å². The van der Waals surface area contributed by atoms with Crippen LogP contribution in [0.3, 0.4) is 0 Å². The highest BCUT2D eigenvalue weighted by molar-refractivity contribution is 5.77. The third-order valence-corrected chi connectivity index (χ3v) is 2.63. The molecule has 0 aliphatic carbocycles. The number of hydrogen-bond donors (Lipinski definition) is 3. The minimum atomic E-state index is 0.179. The minimum absolute atomic E-state index is 0.179. The molecule has 4 heteroatoms. The predicted octanol–water partition coefficient (Wildman–Crippen LogP) is 1.19.